The van der Waals surface area contributed by atoms with Crippen LogP contribution >= 0.6 is 0 Å². The average Bonchev–Trinajstić information content (AvgIpc) is 3.20. The van der Waals surface area contributed by atoms with Crippen molar-refractivity contribution in [1.82, 2.24) is 9.78 Å². The first-order chi connectivity index (χ1) is 10.3. The van der Waals surface area contributed by atoms with Crippen LogP contribution in [0.4, 0.5) is 0 Å². The lowest BCUT2D eigenvalue weighted by atomic mass is 10.1. The molecule has 1 aliphatic heterocycles. The summed E-state index contributed by atoms with van der Waals surface area (Å²) in [6.45, 7) is 0.898. The molecule has 0 bridgehead atoms. The van der Waals surface area contributed by atoms with E-state index >= 15 is 0 Å². The van der Waals surface area contributed by atoms with E-state index in [9.17, 15) is 5.11 Å². The minimum Gasteiger partial charge on any atom is -0.387 e. The van der Waals surface area contributed by atoms with Crippen LogP contribution in [-0.4, -0.2) is 27.6 Å². The lowest BCUT2D eigenvalue weighted by Crippen LogP contribution is -2.06. The van der Waals surface area contributed by atoms with E-state index in [0.717, 1.165) is 37.3 Å². The van der Waals surface area contributed by atoms with Gasteiger partial charge >= 0.3 is 0 Å². The first-order valence-electron chi connectivity index (χ1n) is 7.73. The molecule has 2 aromatic rings. The third kappa shape index (κ3) is 3.71. The fraction of sp³-hybridized carbons (Fsp3) is 0.471. The predicted octanol–water partition coefficient (Wildman–Crippen LogP) is 3.26. The Bertz CT molecular complexity index is 547. The molecule has 2 unspecified atom stereocenters. The Labute approximate surface area is 125 Å². The van der Waals surface area contributed by atoms with Gasteiger partial charge in [0.25, 0.3) is 0 Å². The summed E-state index contributed by atoms with van der Waals surface area (Å²) in [5, 5.41) is 14.7. The number of nitrogens with zero attached hydrogens (tertiary/aromatic N) is 2. The molecule has 4 nitrogen and oxygen atoms in total. The van der Waals surface area contributed by atoms with Crippen LogP contribution in [0.5, 0.6) is 0 Å². The fourth-order valence-corrected chi connectivity index (χ4v) is 2.80. The third-order valence-corrected chi connectivity index (χ3v) is 4.00. The van der Waals surface area contributed by atoms with Gasteiger partial charge in [-0.1, -0.05) is 18.2 Å². The average molecular weight is 286 g/mol. The maximum Gasteiger partial charge on any atom is 0.0978 e. The molecule has 3 rings (SSSR count). The van der Waals surface area contributed by atoms with Crippen molar-refractivity contribution in [3.8, 4) is 5.69 Å². The summed E-state index contributed by atoms with van der Waals surface area (Å²) in [7, 11) is 0. The molecule has 1 N–H and O–H groups in total. The summed E-state index contributed by atoms with van der Waals surface area (Å²) in [5.41, 5.74) is 1.75. The molecule has 2 atom stereocenters. The van der Waals surface area contributed by atoms with E-state index in [2.05, 4.69) is 5.10 Å². The Morgan fingerprint density at radius 3 is 2.90 bits per heavy atom. The van der Waals surface area contributed by atoms with Gasteiger partial charge in [-0.25, -0.2) is 4.68 Å². The zero-order valence-electron chi connectivity index (χ0n) is 12.2. The lowest BCUT2D eigenvalue weighted by molar-refractivity contribution is 0.0939. The van der Waals surface area contributed by atoms with E-state index < -0.39 is 6.10 Å². The van der Waals surface area contributed by atoms with E-state index in [1.807, 2.05) is 42.6 Å². The highest BCUT2D eigenvalue weighted by molar-refractivity contribution is 5.30. The van der Waals surface area contributed by atoms with E-state index in [4.69, 9.17) is 4.74 Å². The Hall–Kier alpha value is -1.65. The molecular weight excluding hydrogens is 264 g/mol. The minimum absolute atomic E-state index is 0.402. The number of ether oxygens (including phenoxy) is 1. The van der Waals surface area contributed by atoms with Crippen LogP contribution in [0.3, 0.4) is 0 Å². The second kappa shape index (κ2) is 6.87. The Kier molecular flexibility index (Phi) is 4.68. The Morgan fingerprint density at radius 1 is 1.29 bits per heavy atom. The van der Waals surface area contributed by atoms with Gasteiger partial charge in [0.05, 0.1) is 23.6 Å². The summed E-state index contributed by atoms with van der Waals surface area (Å²) >= 11 is 0. The number of aliphatic hydroxyl groups excluding tert-OH is 1. The SMILES string of the molecule is OC(CCCC1CCCO1)c1ccn(-c2ccccc2)n1. The van der Waals surface area contributed by atoms with Crippen LogP contribution < -0.4 is 0 Å². The monoisotopic (exact) mass is 286 g/mol. The van der Waals surface area contributed by atoms with Crippen molar-refractivity contribution in [2.75, 3.05) is 6.61 Å². The largest absolute Gasteiger partial charge is 0.387 e. The molecule has 1 saturated heterocycles. The summed E-state index contributed by atoms with van der Waals surface area (Å²) in [4.78, 5) is 0. The Morgan fingerprint density at radius 2 is 2.14 bits per heavy atom. The van der Waals surface area contributed by atoms with Crippen LogP contribution in [0.25, 0.3) is 5.69 Å². The van der Waals surface area contributed by atoms with Gasteiger partial charge < -0.3 is 9.84 Å². The number of para-hydroxylation sites is 1. The van der Waals surface area contributed by atoms with Crippen molar-refractivity contribution in [1.29, 1.82) is 0 Å². The molecule has 0 saturated carbocycles. The molecule has 1 aliphatic rings. The number of benzene rings is 1. The first kappa shape index (κ1) is 14.3. The molecule has 0 aliphatic carbocycles. The lowest BCUT2D eigenvalue weighted by Gasteiger charge is -2.11. The van der Waals surface area contributed by atoms with Crippen LogP contribution in [0.15, 0.2) is 42.6 Å². The van der Waals surface area contributed by atoms with Crippen molar-refractivity contribution in [2.24, 2.45) is 0 Å². The molecule has 1 aromatic heterocycles. The van der Waals surface area contributed by atoms with Crippen molar-refractivity contribution in [3.63, 3.8) is 0 Å². The second-order valence-corrected chi connectivity index (χ2v) is 5.60. The normalized spacial score (nSPS) is 19.8. The number of rotatable bonds is 6. The predicted molar refractivity (Wildman–Crippen MR) is 81.3 cm³/mol. The highest BCUT2D eigenvalue weighted by Gasteiger charge is 2.17. The smallest absolute Gasteiger partial charge is 0.0978 e. The Balaban J connectivity index is 1.53. The van der Waals surface area contributed by atoms with Crippen LogP contribution in [0.2, 0.25) is 0 Å². The van der Waals surface area contributed by atoms with Gasteiger partial charge in [-0.2, -0.15) is 5.10 Å². The molecule has 2 heterocycles. The van der Waals surface area contributed by atoms with Crippen LogP contribution in [0, 0.1) is 0 Å². The zero-order chi connectivity index (χ0) is 14.5. The topological polar surface area (TPSA) is 47.3 Å². The fourth-order valence-electron chi connectivity index (χ4n) is 2.80. The molecular formula is C17H22N2O2. The van der Waals surface area contributed by atoms with Crippen molar-refractivity contribution >= 4 is 0 Å². The second-order valence-electron chi connectivity index (χ2n) is 5.60. The number of hydrogen-bond acceptors (Lipinski definition) is 3. The maximum absolute atomic E-state index is 10.2. The summed E-state index contributed by atoms with van der Waals surface area (Å²) in [6, 6.07) is 11.8. The molecule has 4 heteroatoms. The maximum atomic E-state index is 10.2. The van der Waals surface area contributed by atoms with Gasteiger partial charge in [0.2, 0.25) is 0 Å². The van der Waals surface area contributed by atoms with Crippen molar-refractivity contribution in [2.45, 2.75) is 44.3 Å². The van der Waals surface area contributed by atoms with Crippen LogP contribution in [-0.2, 0) is 4.74 Å². The summed E-state index contributed by atoms with van der Waals surface area (Å²) < 4.78 is 7.41. The third-order valence-electron chi connectivity index (χ3n) is 4.00. The molecule has 0 radical (unpaired) electrons. The first-order valence-corrected chi connectivity index (χ1v) is 7.73. The molecule has 21 heavy (non-hydrogen) atoms. The number of aliphatic hydroxyl groups is 1. The molecule has 1 fully saturated rings. The standard InChI is InChI=1S/C17H22N2O2/c20-17(10-4-8-15-9-5-13-21-15)16-11-12-19(18-16)14-6-2-1-3-7-14/h1-3,6-7,11-12,15,17,20H,4-5,8-10,13H2. The highest BCUT2D eigenvalue weighted by Crippen LogP contribution is 2.22. The molecule has 0 spiro atoms. The number of aromatic nitrogens is 2. The van der Waals surface area contributed by atoms with E-state index in [1.165, 1.54) is 12.8 Å². The van der Waals surface area contributed by atoms with Crippen molar-refractivity contribution < 1.29 is 9.84 Å². The molecule has 0 amide bonds. The van der Waals surface area contributed by atoms with Crippen LogP contribution in [0.1, 0.15) is 43.9 Å². The molecule has 1 aromatic carbocycles. The van der Waals surface area contributed by atoms with Gasteiger partial charge in [0.1, 0.15) is 0 Å². The minimum atomic E-state index is -0.489. The van der Waals surface area contributed by atoms with E-state index in [-0.39, 0.29) is 0 Å². The highest BCUT2D eigenvalue weighted by atomic mass is 16.5. The van der Waals surface area contributed by atoms with Gasteiger partial charge in [0, 0.05) is 12.8 Å². The van der Waals surface area contributed by atoms with Gasteiger partial charge in [-0.05, 0) is 50.3 Å². The quantitative estimate of drug-likeness (QED) is 0.886. The van der Waals surface area contributed by atoms with Gasteiger partial charge in [0.15, 0.2) is 0 Å². The summed E-state index contributed by atoms with van der Waals surface area (Å²) in [5.74, 6) is 0. The van der Waals surface area contributed by atoms with Gasteiger partial charge in [-0.15, -0.1) is 0 Å². The molecule has 112 valence electrons. The van der Waals surface area contributed by atoms with E-state index in [0.29, 0.717) is 6.10 Å². The zero-order valence-corrected chi connectivity index (χ0v) is 12.2. The summed E-state index contributed by atoms with van der Waals surface area (Å²) in [6.07, 6.45) is 6.91. The number of hydrogen-bond donors (Lipinski definition) is 1. The van der Waals surface area contributed by atoms with Crippen molar-refractivity contribution in [3.05, 3.63) is 48.3 Å². The van der Waals surface area contributed by atoms with Gasteiger partial charge in [-0.3, -0.25) is 0 Å². The van der Waals surface area contributed by atoms with E-state index in [1.54, 1.807) is 4.68 Å².